The van der Waals surface area contributed by atoms with Gasteiger partial charge >= 0.3 is 5.65 Å². The molecule has 114 valence electrons. The molecule has 0 amide bonds. The Kier molecular flexibility index (Phi) is 5.41. The van der Waals surface area contributed by atoms with Crippen LogP contribution < -0.4 is 23.0 Å². The fourth-order valence-corrected chi connectivity index (χ4v) is 2.02. The van der Waals surface area contributed by atoms with Crippen molar-refractivity contribution in [2.75, 3.05) is 0 Å². The van der Waals surface area contributed by atoms with Crippen LogP contribution in [0.15, 0.2) is 65.4 Å². The summed E-state index contributed by atoms with van der Waals surface area (Å²) in [6.45, 7) is 0. The highest BCUT2D eigenvalue weighted by atomic mass is 79.9. The molecule has 0 saturated heterocycles. The molecule has 3 rings (SSSR count). The molecule has 0 N–H and O–H groups in total. The summed E-state index contributed by atoms with van der Waals surface area (Å²) in [5.74, 6) is 0. The van der Waals surface area contributed by atoms with Gasteiger partial charge in [0.2, 0.25) is 0 Å². The Morgan fingerprint density at radius 1 is 0.864 bits per heavy atom. The lowest BCUT2D eigenvalue weighted by Crippen LogP contribution is -2.68. The minimum Gasteiger partial charge on any atom is -0.222 e. The molecule has 8 heteroatoms. The fourth-order valence-electron chi connectivity index (χ4n) is 1.76. The Bertz CT molecular complexity index is 757. The molecule has 0 saturated carbocycles. The van der Waals surface area contributed by atoms with E-state index in [0.29, 0.717) is 0 Å². The molecule has 0 fully saturated rings. The molecule has 2 heterocycles. The third-order valence-electron chi connectivity index (χ3n) is 2.64. The van der Waals surface area contributed by atoms with Crippen molar-refractivity contribution in [3.05, 3.63) is 65.4 Å². The first-order chi connectivity index (χ1) is 10.3. The zero-order valence-electron chi connectivity index (χ0n) is 11.1. The first kappa shape index (κ1) is 16.8. The average molecular weight is 386 g/mol. The van der Waals surface area contributed by atoms with Gasteiger partial charge in [-0.05, 0) is 35.3 Å². The Morgan fingerprint density at radius 3 is 2.14 bits per heavy atom. The van der Waals surface area contributed by atoms with Crippen molar-refractivity contribution in [2.24, 2.45) is 0 Å². The number of halogens is 2. The maximum Gasteiger partial charge on any atom is 0.328 e. The molecular formula is C14H10BrClN2O4. The molecule has 3 aromatic rings. The zero-order valence-corrected chi connectivity index (χ0v) is 13.4. The predicted molar refractivity (Wildman–Crippen MR) is 70.5 cm³/mol. The molecule has 0 aliphatic heterocycles. The number of rotatable bonds is 1. The van der Waals surface area contributed by atoms with Crippen LogP contribution in [0.2, 0.25) is 0 Å². The van der Waals surface area contributed by atoms with Crippen molar-refractivity contribution < 1.29 is 33.3 Å². The summed E-state index contributed by atoms with van der Waals surface area (Å²) in [5.41, 5.74) is 3.07. The van der Waals surface area contributed by atoms with Crippen LogP contribution in [-0.4, -0.2) is 4.98 Å². The fraction of sp³-hybridized carbons (Fsp3) is 0. The van der Waals surface area contributed by atoms with Gasteiger partial charge in [-0.15, -0.1) is 10.2 Å². The van der Waals surface area contributed by atoms with E-state index < -0.39 is 10.2 Å². The van der Waals surface area contributed by atoms with Crippen LogP contribution in [-0.2, 0) is 0 Å². The zero-order chi connectivity index (χ0) is 16.2. The van der Waals surface area contributed by atoms with E-state index in [-0.39, 0.29) is 0 Å². The minimum absolute atomic E-state index is 0.952. The van der Waals surface area contributed by atoms with Crippen molar-refractivity contribution in [1.82, 2.24) is 4.98 Å². The van der Waals surface area contributed by atoms with E-state index in [0.717, 1.165) is 21.4 Å². The van der Waals surface area contributed by atoms with Gasteiger partial charge in [-0.1, -0.05) is 22.0 Å². The molecule has 0 bridgehead atoms. The first-order valence-electron chi connectivity index (χ1n) is 5.98. The number of hydrogen-bond acceptors (Lipinski definition) is 5. The van der Waals surface area contributed by atoms with E-state index in [9.17, 15) is 0 Å². The standard InChI is InChI=1S/C14H10BrN2.ClHO4/c15-12-6-4-11(5-7-12)13-8-10-17-9-2-1-3-14(17)16-13;2-1(3,4)5/h1-10H;(H,2,3,4,5)/q+1;/p-1. The van der Waals surface area contributed by atoms with E-state index >= 15 is 0 Å². The largest absolute Gasteiger partial charge is 0.328 e. The van der Waals surface area contributed by atoms with Crippen LogP contribution in [0.5, 0.6) is 0 Å². The number of fused-ring (bicyclic) bond motifs is 1. The van der Waals surface area contributed by atoms with Gasteiger partial charge in [-0.3, -0.25) is 0 Å². The van der Waals surface area contributed by atoms with Crippen LogP contribution in [0.4, 0.5) is 0 Å². The van der Waals surface area contributed by atoms with Gasteiger partial charge in [-0.25, -0.2) is 23.0 Å². The third-order valence-corrected chi connectivity index (χ3v) is 3.16. The van der Waals surface area contributed by atoms with Crippen LogP contribution in [0.3, 0.4) is 0 Å². The van der Waals surface area contributed by atoms with Gasteiger partial charge in [-0.2, -0.15) is 0 Å². The molecule has 2 aromatic heterocycles. The van der Waals surface area contributed by atoms with E-state index in [1.807, 2.05) is 53.2 Å². The van der Waals surface area contributed by atoms with Crippen molar-refractivity contribution in [3.63, 3.8) is 0 Å². The number of hydrogen-bond donors (Lipinski definition) is 0. The van der Waals surface area contributed by atoms with Crippen LogP contribution in [0.1, 0.15) is 0 Å². The highest BCUT2D eigenvalue weighted by Gasteiger charge is 2.08. The van der Waals surface area contributed by atoms with Crippen molar-refractivity contribution in [2.45, 2.75) is 0 Å². The van der Waals surface area contributed by atoms with Gasteiger partial charge in [0, 0.05) is 22.2 Å². The van der Waals surface area contributed by atoms with Gasteiger partial charge in [0.1, 0.15) is 6.20 Å². The maximum atomic E-state index is 8.49. The summed E-state index contributed by atoms with van der Waals surface area (Å²) in [4.78, 5) is 4.62. The third kappa shape index (κ3) is 5.30. The van der Waals surface area contributed by atoms with Gasteiger partial charge in [0.05, 0.1) is 6.20 Å². The monoisotopic (exact) mass is 384 g/mol. The molecule has 22 heavy (non-hydrogen) atoms. The smallest absolute Gasteiger partial charge is 0.222 e. The Balaban J connectivity index is 0.000000309. The normalized spacial score (nSPS) is 11.0. The SMILES string of the molecule is Brc1ccc(-c2cc[n+]3ccccc3n2)cc1.[O-][Cl+3]([O-])([O-])[O-]. The minimum atomic E-state index is -4.94. The molecular weight excluding hydrogens is 376 g/mol. The summed E-state index contributed by atoms with van der Waals surface area (Å²) in [6.07, 6.45) is 4.02. The summed E-state index contributed by atoms with van der Waals surface area (Å²) in [5, 5.41) is 0. The Morgan fingerprint density at radius 2 is 1.50 bits per heavy atom. The van der Waals surface area contributed by atoms with E-state index in [4.69, 9.17) is 18.6 Å². The topological polar surface area (TPSA) is 109 Å². The van der Waals surface area contributed by atoms with E-state index in [2.05, 4.69) is 33.0 Å². The lowest BCUT2D eigenvalue weighted by molar-refractivity contribution is -2.00. The molecule has 0 radical (unpaired) electrons. The number of benzene rings is 1. The Labute approximate surface area is 136 Å². The summed E-state index contributed by atoms with van der Waals surface area (Å²) in [7, 11) is -4.94. The number of pyridine rings is 1. The van der Waals surface area contributed by atoms with Crippen LogP contribution in [0, 0.1) is 10.2 Å². The van der Waals surface area contributed by atoms with Crippen LogP contribution in [0.25, 0.3) is 16.9 Å². The highest BCUT2D eigenvalue weighted by Crippen LogP contribution is 2.19. The van der Waals surface area contributed by atoms with Crippen LogP contribution >= 0.6 is 15.9 Å². The van der Waals surface area contributed by atoms with Crippen molar-refractivity contribution in [1.29, 1.82) is 0 Å². The molecule has 0 spiro atoms. The average Bonchev–Trinajstić information content (AvgIpc) is 2.46. The second-order valence-electron chi connectivity index (χ2n) is 4.16. The van der Waals surface area contributed by atoms with Gasteiger partial charge in [0.15, 0.2) is 5.69 Å². The van der Waals surface area contributed by atoms with Crippen molar-refractivity contribution >= 4 is 21.6 Å². The van der Waals surface area contributed by atoms with E-state index in [1.54, 1.807) is 0 Å². The second-order valence-corrected chi connectivity index (χ2v) is 5.84. The molecule has 0 aliphatic rings. The molecule has 0 atom stereocenters. The Hall–Kier alpha value is -1.61. The number of aromatic nitrogens is 2. The summed E-state index contributed by atoms with van der Waals surface area (Å²) < 4.78 is 37.1. The maximum absolute atomic E-state index is 8.49. The molecule has 0 aliphatic carbocycles. The quantitative estimate of drug-likeness (QED) is 0.473. The molecule has 0 unspecified atom stereocenters. The molecule has 1 aromatic carbocycles. The number of nitrogens with zero attached hydrogens (tertiary/aromatic N) is 2. The highest BCUT2D eigenvalue weighted by molar-refractivity contribution is 9.10. The first-order valence-corrected chi connectivity index (χ1v) is 8.00. The van der Waals surface area contributed by atoms with E-state index in [1.165, 1.54) is 0 Å². The molecule has 6 nitrogen and oxygen atoms in total. The van der Waals surface area contributed by atoms with Gasteiger partial charge in [0.25, 0.3) is 0 Å². The summed E-state index contributed by atoms with van der Waals surface area (Å²) >= 11 is 3.43. The van der Waals surface area contributed by atoms with Crippen molar-refractivity contribution in [3.8, 4) is 11.3 Å². The predicted octanol–water partition coefficient (Wildman–Crippen LogP) is -1.51. The lowest BCUT2D eigenvalue weighted by Gasteiger charge is -2.17. The summed E-state index contributed by atoms with van der Waals surface area (Å²) in [6, 6.07) is 16.2. The second kappa shape index (κ2) is 7.10. The van der Waals surface area contributed by atoms with Gasteiger partial charge < -0.3 is 0 Å². The lowest BCUT2D eigenvalue weighted by atomic mass is 10.1.